The van der Waals surface area contributed by atoms with Gasteiger partial charge in [-0.05, 0) is 18.4 Å². The average Bonchev–Trinajstić information content (AvgIpc) is 2.50. The topological polar surface area (TPSA) is 110 Å². The molecule has 0 aliphatic heterocycles. The fourth-order valence-electron chi connectivity index (χ4n) is 2.08. The highest BCUT2D eigenvalue weighted by atomic mass is 16.6. The highest BCUT2D eigenvalue weighted by Gasteiger charge is 2.26. The number of carboxylic acid groups (broad SMARTS) is 1. The second-order valence-corrected chi connectivity index (χ2v) is 5.13. The van der Waals surface area contributed by atoms with Crippen molar-refractivity contribution in [3.63, 3.8) is 0 Å². The van der Waals surface area contributed by atoms with E-state index in [1.54, 1.807) is 13.8 Å². The molecule has 22 heavy (non-hydrogen) atoms. The molecule has 2 unspecified atom stereocenters. The summed E-state index contributed by atoms with van der Waals surface area (Å²) in [5.41, 5.74) is 0.474. The first kappa shape index (κ1) is 17.6. The molecule has 0 aromatic heterocycles. The van der Waals surface area contributed by atoms with E-state index in [0.29, 0.717) is 18.4 Å². The molecule has 0 saturated heterocycles. The minimum absolute atomic E-state index is 0.0819. The summed E-state index contributed by atoms with van der Waals surface area (Å²) in [5.74, 6) is -1.99. The van der Waals surface area contributed by atoms with Crippen molar-refractivity contribution in [3.8, 4) is 0 Å². The molecule has 0 spiro atoms. The maximum atomic E-state index is 12.2. The number of carboxylic acids is 1. The number of nitrogens with one attached hydrogen (secondary N) is 1. The van der Waals surface area contributed by atoms with E-state index in [0.717, 1.165) is 0 Å². The number of nitro groups is 1. The largest absolute Gasteiger partial charge is 0.480 e. The first-order valence-corrected chi connectivity index (χ1v) is 7.12. The third-order valence-corrected chi connectivity index (χ3v) is 3.69. The lowest BCUT2D eigenvalue weighted by molar-refractivity contribution is -0.385. The summed E-state index contributed by atoms with van der Waals surface area (Å²) in [5, 5.41) is 22.6. The first-order chi connectivity index (χ1) is 10.3. The second-order valence-electron chi connectivity index (χ2n) is 5.13. The highest BCUT2D eigenvalue weighted by Crippen LogP contribution is 2.21. The minimum atomic E-state index is -1.12. The maximum Gasteiger partial charge on any atom is 0.326 e. The molecule has 1 amide bonds. The van der Waals surface area contributed by atoms with Crippen LogP contribution < -0.4 is 5.32 Å². The van der Waals surface area contributed by atoms with E-state index in [1.165, 1.54) is 18.2 Å². The average molecular weight is 308 g/mol. The molecule has 0 bridgehead atoms. The molecule has 0 heterocycles. The Morgan fingerprint density at radius 3 is 2.45 bits per heavy atom. The fourth-order valence-corrected chi connectivity index (χ4v) is 2.08. The Bertz CT molecular complexity index is 585. The Hall–Kier alpha value is -2.44. The molecule has 1 rings (SSSR count). The Kier molecular flexibility index (Phi) is 6.03. The van der Waals surface area contributed by atoms with Crippen LogP contribution in [0.15, 0.2) is 18.2 Å². The Morgan fingerprint density at radius 2 is 2.00 bits per heavy atom. The molecule has 0 aliphatic rings. The number of amides is 1. The SMILES string of the molecule is CCc1ccc(C(=O)NC(C(=O)O)C(C)CC)cc1[N+](=O)[O-]. The minimum Gasteiger partial charge on any atom is -0.480 e. The zero-order valence-electron chi connectivity index (χ0n) is 12.8. The van der Waals surface area contributed by atoms with E-state index >= 15 is 0 Å². The van der Waals surface area contributed by atoms with Crippen LogP contribution in [0.3, 0.4) is 0 Å². The Labute approximate surface area is 128 Å². The normalized spacial score (nSPS) is 13.2. The Balaban J connectivity index is 3.05. The van der Waals surface area contributed by atoms with Gasteiger partial charge in [-0.25, -0.2) is 4.79 Å². The van der Waals surface area contributed by atoms with Gasteiger partial charge in [-0.2, -0.15) is 0 Å². The molecular weight excluding hydrogens is 288 g/mol. The van der Waals surface area contributed by atoms with E-state index < -0.39 is 22.8 Å². The molecule has 0 saturated carbocycles. The van der Waals surface area contributed by atoms with Gasteiger partial charge in [0, 0.05) is 17.2 Å². The summed E-state index contributed by atoms with van der Waals surface area (Å²) in [7, 11) is 0. The van der Waals surface area contributed by atoms with Crippen LogP contribution in [0.25, 0.3) is 0 Å². The molecule has 2 N–H and O–H groups in total. The second kappa shape index (κ2) is 7.53. The van der Waals surface area contributed by atoms with Crippen LogP contribution in [0.2, 0.25) is 0 Å². The van der Waals surface area contributed by atoms with Crippen molar-refractivity contribution in [3.05, 3.63) is 39.4 Å². The summed E-state index contributed by atoms with van der Waals surface area (Å²) in [6.45, 7) is 5.33. The number of nitro benzene ring substituents is 1. The molecule has 0 radical (unpaired) electrons. The van der Waals surface area contributed by atoms with Crippen LogP contribution in [0.1, 0.15) is 43.1 Å². The lowest BCUT2D eigenvalue weighted by Gasteiger charge is -2.20. The maximum absolute atomic E-state index is 12.2. The van der Waals surface area contributed by atoms with E-state index in [4.69, 9.17) is 0 Å². The number of aliphatic carboxylic acids is 1. The number of carbonyl (C=O) groups is 2. The van der Waals surface area contributed by atoms with Gasteiger partial charge in [-0.15, -0.1) is 0 Å². The molecule has 1 aromatic rings. The molecule has 0 aliphatic carbocycles. The quantitative estimate of drug-likeness (QED) is 0.593. The zero-order chi connectivity index (χ0) is 16.9. The molecular formula is C15H20N2O5. The number of hydrogen-bond donors (Lipinski definition) is 2. The third-order valence-electron chi connectivity index (χ3n) is 3.69. The van der Waals surface area contributed by atoms with Crippen LogP contribution in [0.4, 0.5) is 5.69 Å². The molecule has 7 heteroatoms. The van der Waals surface area contributed by atoms with Crippen molar-refractivity contribution in [2.24, 2.45) is 5.92 Å². The van der Waals surface area contributed by atoms with Gasteiger partial charge in [0.1, 0.15) is 6.04 Å². The standard InChI is InChI=1S/C15H20N2O5/c1-4-9(3)13(15(19)20)16-14(18)11-7-6-10(5-2)12(8-11)17(21)22/h6-9,13H,4-5H2,1-3H3,(H,16,18)(H,19,20). The molecule has 120 valence electrons. The number of benzene rings is 1. The lowest BCUT2D eigenvalue weighted by Crippen LogP contribution is -2.45. The van der Waals surface area contributed by atoms with Gasteiger partial charge in [0.2, 0.25) is 0 Å². The molecule has 7 nitrogen and oxygen atoms in total. The van der Waals surface area contributed by atoms with Gasteiger partial charge in [0.15, 0.2) is 0 Å². The summed E-state index contributed by atoms with van der Waals surface area (Å²) in [4.78, 5) is 33.9. The van der Waals surface area contributed by atoms with Crippen molar-refractivity contribution >= 4 is 17.6 Å². The number of aryl methyl sites for hydroxylation is 1. The number of carbonyl (C=O) groups excluding carboxylic acids is 1. The summed E-state index contributed by atoms with van der Waals surface area (Å²) in [6, 6.07) is 3.15. The van der Waals surface area contributed by atoms with Crippen LogP contribution in [0.5, 0.6) is 0 Å². The van der Waals surface area contributed by atoms with Gasteiger partial charge in [-0.1, -0.05) is 33.3 Å². The van der Waals surface area contributed by atoms with Crippen molar-refractivity contribution in [2.75, 3.05) is 0 Å². The van der Waals surface area contributed by atoms with Crippen LogP contribution >= 0.6 is 0 Å². The predicted molar refractivity (Wildman–Crippen MR) is 80.8 cm³/mol. The number of nitrogens with zero attached hydrogens (tertiary/aromatic N) is 1. The lowest BCUT2D eigenvalue weighted by atomic mass is 9.98. The van der Waals surface area contributed by atoms with Crippen molar-refractivity contribution in [1.29, 1.82) is 0 Å². The summed E-state index contributed by atoms with van der Waals surface area (Å²) < 4.78 is 0. The van der Waals surface area contributed by atoms with E-state index in [1.807, 2.05) is 6.92 Å². The van der Waals surface area contributed by atoms with Crippen molar-refractivity contribution < 1.29 is 19.6 Å². The van der Waals surface area contributed by atoms with Crippen LogP contribution in [-0.4, -0.2) is 27.9 Å². The zero-order valence-corrected chi connectivity index (χ0v) is 12.8. The van der Waals surface area contributed by atoms with Crippen LogP contribution in [-0.2, 0) is 11.2 Å². The molecule has 0 fully saturated rings. The van der Waals surface area contributed by atoms with E-state index in [-0.39, 0.29) is 17.2 Å². The number of rotatable bonds is 7. The highest BCUT2D eigenvalue weighted by molar-refractivity contribution is 5.97. The summed E-state index contributed by atoms with van der Waals surface area (Å²) >= 11 is 0. The van der Waals surface area contributed by atoms with E-state index in [9.17, 15) is 24.8 Å². The van der Waals surface area contributed by atoms with Crippen LogP contribution in [0, 0.1) is 16.0 Å². The number of hydrogen-bond acceptors (Lipinski definition) is 4. The van der Waals surface area contributed by atoms with Gasteiger partial charge < -0.3 is 10.4 Å². The summed E-state index contributed by atoms with van der Waals surface area (Å²) in [6.07, 6.45) is 1.06. The smallest absolute Gasteiger partial charge is 0.326 e. The Morgan fingerprint density at radius 1 is 1.36 bits per heavy atom. The predicted octanol–water partition coefficient (Wildman–Crippen LogP) is 2.39. The van der Waals surface area contributed by atoms with Crippen molar-refractivity contribution in [1.82, 2.24) is 5.32 Å². The monoisotopic (exact) mass is 308 g/mol. The van der Waals surface area contributed by atoms with Crippen molar-refractivity contribution in [2.45, 2.75) is 39.7 Å². The first-order valence-electron chi connectivity index (χ1n) is 7.12. The van der Waals surface area contributed by atoms with Gasteiger partial charge >= 0.3 is 5.97 Å². The fraction of sp³-hybridized carbons (Fsp3) is 0.467. The van der Waals surface area contributed by atoms with Gasteiger partial charge in [0.25, 0.3) is 11.6 Å². The molecule has 2 atom stereocenters. The van der Waals surface area contributed by atoms with E-state index in [2.05, 4.69) is 5.32 Å². The van der Waals surface area contributed by atoms with Gasteiger partial charge in [-0.3, -0.25) is 14.9 Å². The third kappa shape index (κ3) is 4.03. The van der Waals surface area contributed by atoms with Gasteiger partial charge in [0.05, 0.1) is 4.92 Å². The molecule has 1 aromatic carbocycles.